The van der Waals surface area contributed by atoms with Gasteiger partial charge in [0, 0.05) is 9.29 Å². The highest BCUT2D eigenvalue weighted by atomic mass is 16.4. The maximum Gasteiger partial charge on any atom is 0.335 e. The Hall–Kier alpha value is -2.95. The van der Waals surface area contributed by atoms with Crippen molar-refractivity contribution < 1.29 is 23.2 Å². The van der Waals surface area contributed by atoms with Crippen molar-refractivity contribution in [2.24, 2.45) is 0 Å². The minimum atomic E-state index is -1.92. The van der Waals surface area contributed by atoms with E-state index in [2.05, 4.69) is 5.32 Å². The van der Waals surface area contributed by atoms with Crippen LogP contribution in [0.25, 0.3) is 11.1 Å². The number of aliphatic hydroxyl groups excluding tert-OH is 1. The first-order valence-electron chi connectivity index (χ1n) is 12.3. The van der Waals surface area contributed by atoms with Crippen LogP contribution in [0.1, 0.15) is 47.7 Å². The van der Waals surface area contributed by atoms with Crippen LogP contribution in [0, 0.1) is 6.92 Å². The molecule has 4 nitrogen and oxygen atoms in total. The summed E-state index contributed by atoms with van der Waals surface area (Å²) in [4.78, 5) is 11.4. The van der Waals surface area contributed by atoms with Gasteiger partial charge < -0.3 is 15.5 Å². The van der Waals surface area contributed by atoms with Crippen molar-refractivity contribution >= 4 is 5.97 Å². The van der Waals surface area contributed by atoms with Crippen molar-refractivity contribution in [2.75, 3.05) is 13.1 Å². The number of carbonyl (C=O) groups is 1. The van der Waals surface area contributed by atoms with Gasteiger partial charge in [0.25, 0.3) is 0 Å². The predicted molar refractivity (Wildman–Crippen MR) is 116 cm³/mol. The van der Waals surface area contributed by atoms with Crippen LogP contribution in [0.15, 0.2) is 72.7 Å². The van der Waals surface area contributed by atoms with E-state index in [-0.39, 0.29) is 53.8 Å². The number of rotatable bonds is 9. The Morgan fingerprint density at radius 2 is 2.00 bits per heavy atom. The third-order valence-electron chi connectivity index (χ3n) is 4.39. The van der Waals surface area contributed by atoms with Crippen molar-refractivity contribution in [1.82, 2.24) is 5.32 Å². The molecule has 4 heteroatoms. The maximum absolute atomic E-state index is 11.4. The fourth-order valence-corrected chi connectivity index (χ4v) is 2.90. The van der Waals surface area contributed by atoms with E-state index in [0.29, 0.717) is 5.56 Å². The molecule has 0 bridgehead atoms. The highest BCUT2D eigenvalue weighted by Crippen LogP contribution is 2.22. The fraction of sp³-hybridized carbons (Fsp3) is 0.240. The van der Waals surface area contributed by atoms with Crippen LogP contribution in [-0.2, 0) is 6.42 Å². The standard InChI is InChI=1S/C25H27NO3/c1-18-6-2-11-22(14-18)24(27)17-26-13-5-8-19-7-3-9-20(15-19)21-10-4-12-23(16-21)25(28)29/h2-4,6-7,9-12,14-16,24,26-27H,5,8,13,17H2,1H3,(H,28,29)/t24-/m0/s1/i3D,5D2,7D,9D,15D. The lowest BCUT2D eigenvalue weighted by Gasteiger charge is -2.13. The van der Waals surface area contributed by atoms with Gasteiger partial charge in [-0.05, 0) is 60.6 Å². The quantitative estimate of drug-likeness (QED) is 0.495. The van der Waals surface area contributed by atoms with Gasteiger partial charge in [-0.1, -0.05) is 66.1 Å². The van der Waals surface area contributed by atoms with E-state index in [0.717, 1.165) is 5.56 Å². The third kappa shape index (κ3) is 6.01. The molecule has 29 heavy (non-hydrogen) atoms. The maximum atomic E-state index is 11.4. The number of benzene rings is 3. The zero-order chi connectivity index (χ0) is 25.9. The molecule has 0 saturated carbocycles. The van der Waals surface area contributed by atoms with Crippen molar-refractivity contribution in [3.8, 4) is 11.1 Å². The van der Waals surface area contributed by atoms with Crippen LogP contribution in [0.2, 0.25) is 0 Å². The summed E-state index contributed by atoms with van der Waals surface area (Å²) in [6, 6.07) is 11.5. The van der Waals surface area contributed by atoms with Gasteiger partial charge in [0.2, 0.25) is 0 Å². The van der Waals surface area contributed by atoms with E-state index in [4.69, 9.17) is 8.22 Å². The monoisotopic (exact) mass is 395 g/mol. The summed E-state index contributed by atoms with van der Waals surface area (Å²) >= 11 is 0. The zero-order valence-corrected chi connectivity index (χ0v) is 16.1. The minimum Gasteiger partial charge on any atom is -0.478 e. The molecule has 0 amide bonds. The lowest BCUT2D eigenvalue weighted by molar-refractivity contribution is 0.0697. The smallest absolute Gasteiger partial charge is 0.335 e. The Morgan fingerprint density at radius 1 is 1.17 bits per heavy atom. The Balaban J connectivity index is 1.83. The Morgan fingerprint density at radius 3 is 2.79 bits per heavy atom. The molecule has 0 radical (unpaired) electrons. The topological polar surface area (TPSA) is 69.6 Å². The molecule has 3 aromatic rings. The Bertz CT molecular complexity index is 1250. The molecule has 0 heterocycles. The van der Waals surface area contributed by atoms with Gasteiger partial charge in [0.1, 0.15) is 0 Å². The number of hydrogen-bond donors (Lipinski definition) is 3. The van der Waals surface area contributed by atoms with Crippen molar-refractivity contribution in [3.63, 3.8) is 0 Å². The first-order valence-corrected chi connectivity index (χ1v) is 9.29. The van der Waals surface area contributed by atoms with Gasteiger partial charge in [-0.2, -0.15) is 0 Å². The highest BCUT2D eigenvalue weighted by Gasteiger charge is 2.07. The van der Waals surface area contributed by atoms with E-state index in [9.17, 15) is 15.0 Å². The van der Waals surface area contributed by atoms with Crippen LogP contribution in [0.4, 0.5) is 0 Å². The van der Waals surface area contributed by atoms with Gasteiger partial charge in [0.05, 0.1) is 17.2 Å². The van der Waals surface area contributed by atoms with Crippen LogP contribution in [0.5, 0.6) is 0 Å². The third-order valence-corrected chi connectivity index (χ3v) is 4.39. The molecule has 0 aromatic heterocycles. The number of carboxylic acids is 1. The summed E-state index contributed by atoms with van der Waals surface area (Å²) in [5.74, 6) is -1.18. The van der Waals surface area contributed by atoms with E-state index < -0.39 is 30.5 Å². The highest BCUT2D eigenvalue weighted by molar-refractivity contribution is 5.89. The molecule has 3 rings (SSSR count). The number of carboxylic acid groups (broad SMARTS) is 1. The number of aromatic carboxylic acids is 1. The van der Waals surface area contributed by atoms with Crippen LogP contribution in [-0.4, -0.2) is 29.3 Å². The molecular formula is C25H27NO3. The molecule has 3 N–H and O–H groups in total. The summed E-state index contributed by atoms with van der Waals surface area (Å²) in [6.07, 6.45) is -3.12. The van der Waals surface area contributed by atoms with E-state index in [1.54, 1.807) is 6.07 Å². The SMILES string of the molecule is [2H]c1c([2H])c(CC([2H])([2H])CNC[C@H](O)c2cccc(C)c2)c([2H])c(-c2cccc(C(=O)O)c2)c1[2H]. The molecular weight excluding hydrogens is 362 g/mol. The second-order valence-corrected chi connectivity index (χ2v) is 6.73. The van der Waals surface area contributed by atoms with E-state index in [1.165, 1.54) is 24.3 Å². The second-order valence-electron chi connectivity index (χ2n) is 6.73. The number of aryl methyl sites for hydroxylation is 1. The lowest BCUT2D eigenvalue weighted by atomic mass is 9.99. The van der Waals surface area contributed by atoms with Gasteiger partial charge >= 0.3 is 5.97 Å². The summed E-state index contributed by atoms with van der Waals surface area (Å²) in [7, 11) is 0. The first kappa shape index (κ1) is 14.1. The van der Waals surface area contributed by atoms with Crippen LogP contribution >= 0.6 is 0 Å². The van der Waals surface area contributed by atoms with Crippen LogP contribution in [0.3, 0.4) is 0 Å². The summed E-state index contributed by atoms with van der Waals surface area (Å²) < 4.78 is 50.1. The second kappa shape index (κ2) is 10.0. The summed E-state index contributed by atoms with van der Waals surface area (Å²) in [6.45, 7) is 1.84. The molecule has 0 fully saturated rings. The number of hydrogen-bond acceptors (Lipinski definition) is 3. The fourth-order valence-electron chi connectivity index (χ4n) is 2.90. The molecule has 3 aromatic carbocycles. The van der Waals surface area contributed by atoms with E-state index in [1.807, 2.05) is 25.1 Å². The summed E-state index contributed by atoms with van der Waals surface area (Å²) in [5.41, 5.74) is 1.86. The van der Waals surface area contributed by atoms with Crippen LogP contribution < -0.4 is 5.32 Å². The zero-order valence-electron chi connectivity index (χ0n) is 22.1. The molecule has 0 saturated heterocycles. The Kier molecular flexibility index (Phi) is 4.87. The molecule has 150 valence electrons. The van der Waals surface area contributed by atoms with Crippen molar-refractivity contribution in [3.05, 3.63) is 95.0 Å². The lowest BCUT2D eigenvalue weighted by Crippen LogP contribution is -2.22. The predicted octanol–water partition coefficient (Wildman–Crippen LogP) is 4.62. The van der Waals surface area contributed by atoms with Gasteiger partial charge in [-0.25, -0.2) is 4.79 Å². The van der Waals surface area contributed by atoms with Gasteiger partial charge in [0.15, 0.2) is 0 Å². The van der Waals surface area contributed by atoms with Gasteiger partial charge in [-0.3, -0.25) is 0 Å². The average molecular weight is 396 g/mol. The minimum absolute atomic E-state index is 0.0114. The van der Waals surface area contributed by atoms with Gasteiger partial charge in [-0.15, -0.1) is 0 Å². The van der Waals surface area contributed by atoms with Crippen molar-refractivity contribution in [2.45, 2.75) is 25.8 Å². The first-order chi connectivity index (χ1) is 16.4. The molecule has 0 aliphatic heterocycles. The Labute approximate surface area is 180 Å². The largest absolute Gasteiger partial charge is 0.478 e. The molecule has 0 unspecified atom stereocenters. The summed E-state index contributed by atoms with van der Waals surface area (Å²) in [5, 5.41) is 22.5. The molecule has 1 atom stereocenters. The molecule has 0 spiro atoms. The van der Waals surface area contributed by atoms with E-state index >= 15 is 0 Å². The number of aliphatic hydroxyl groups is 1. The number of nitrogens with one attached hydrogen (secondary N) is 1. The normalized spacial score (nSPS) is 15.4. The molecule has 0 aliphatic carbocycles. The average Bonchev–Trinajstić information content (AvgIpc) is 2.80. The molecule has 0 aliphatic rings. The van der Waals surface area contributed by atoms with Crippen molar-refractivity contribution in [1.29, 1.82) is 0 Å².